The average Bonchev–Trinajstić information content (AvgIpc) is 2.74. The van der Waals surface area contributed by atoms with Crippen LogP contribution in [-0.4, -0.2) is 49.9 Å². The van der Waals surface area contributed by atoms with Gasteiger partial charge in [0.05, 0.1) is 5.56 Å². The van der Waals surface area contributed by atoms with E-state index >= 15 is 0 Å². The van der Waals surface area contributed by atoms with Crippen LogP contribution in [0, 0.1) is 5.92 Å². The number of anilines is 1. The van der Waals surface area contributed by atoms with Gasteiger partial charge in [-0.25, -0.2) is 4.98 Å². The number of rotatable bonds is 4. The number of likely N-dealkylation sites (tertiary alicyclic amines) is 1. The van der Waals surface area contributed by atoms with Gasteiger partial charge in [-0.2, -0.15) is 0 Å². The summed E-state index contributed by atoms with van der Waals surface area (Å²) in [4.78, 5) is 19.7. The first-order valence-electron chi connectivity index (χ1n) is 6.00. The maximum atomic E-state index is 10.9. The Hall–Kier alpha value is -1.42. The standard InChI is InChI=1S/C13H19N3O/c1-15-7-5-11(8-15)9-16(2)13-12(10-17)4-3-6-14-13/h3-4,6,10-11H,5,7-9H2,1-2H3. The predicted molar refractivity (Wildman–Crippen MR) is 68.5 cm³/mol. The van der Waals surface area contributed by atoms with Gasteiger partial charge in [0.1, 0.15) is 5.82 Å². The molecule has 1 aromatic heterocycles. The van der Waals surface area contributed by atoms with Crippen LogP contribution in [0.1, 0.15) is 16.8 Å². The average molecular weight is 233 g/mol. The van der Waals surface area contributed by atoms with Gasteiger partial charge in [-0.15, -0.1) is 0 Å². The van der Waals surface area contributed by atoms with Crippen molar-refractivity contribution in [3.63, 3.8) is 0 Å². The Balaban J connectivity index is 2.04. The Kier molecular flexibility index (Phi) is 3.74. The van der Waals surface area contributed by atoms with Gasteiger partial charge in [0.25, 0.3) is 0 Å². The van der Waals surface area contributed by atoms with Gasteiger partial charge >= 0.3 is 0 Å². The third-order valence-corrected chi connectivity index (χ3v) is 3.33. The molecule has 0 aliphatic carbocycles. The third-order valence-electron chi connectivity index (χ3n) is 3.33. The van der Waals surface area contributed by atoms with Crippen molar-refractivity contribution in [1.82, 2.24) is 9.88 Å². The lowest BCUT2D eigenvalue weighted by Gasteiger charge is -2.23. The summed E-state index contributed by atoms with van der Waals surface area (Å²) < 4.78 is 0. The maximum Gasteiger partial charge on any atom is 0.153 e. The summed E-state index contributed by atoms with van der Waals surface area (Å²) >= 11 is 0. The fraction of sp³-hybridized carbons (Fsp3) is 0.538. The van der Waals surface area contributed by atoms with Crippen LogP contribution < -0.4 is 4.90 Å². The highest BCUT2D eigenvalue weighted by Gasteiger charge is 2.21. The molecule has 2 rings (SSSR count). The SMILES string of the molecule is CN1CCC(CN(C)c2ncccc2C=O)C1. The van der Waals surface area contributed by atoms with Crippen molar-refractivity contribution >= 4 is 12.1 Å². The molecule has 1 saturated heterocycles. The first-order valence-corrected chi connectivity index (χ1v) is 6.00. The molecule has 1 unspecified atom stereocenters. The zero-order valence-electron chi connectivity index (χ0n) is 10.5. The van der Waals surface area contributed by atoms with Crippen LogP contribution in [0.5, 0.6) is 0 Å². The molecule has 0 aromatic carbocycles. The van der Waals surface area contributed by atoms with Gasteiger partial charge in [-0.1, -0.05) is 0 Å². The van der Waals surface area contributed by atoms with E-state index in [0.29, 0.717) is 11.5 Å². The minimum Gasteiger partial charge on any atom is -0.359 e. The van der Waals surface area contributed by atoms with E-state index in [0.717, 1.165) is 25.2 Å². The molecule has 0 N–H and O–H groups in total. The van der Waals surface area contributed by atoms with Gasteiger partial charge in [-0.3, -0.25) is 4.79 Å². The molecule has 0 saturated carbocycles. The highest BCUT2D eigenvalue weighted by Crippen LogP contribution is 2.19. The predicted octanol–water partition coefficient (Wildman–Crippen LogP) is 1.28. The molecule has 0 bridgehead atoms. The van der Waals surface area contributed by atoms with E-state index < -0.39 is 0 Å². The molecule has 1 fully saturated rings. The molecule has 2 heterocycles. The molecule has 0 radical (unpaired) electrons. The van der Waals surface area contributed by atoms with Crippen molar-refractivity contribution in [2.45, 2.75) is 6.42 Å². The van der Waals surface area contributed by atoms with Gasteiger partial charge in [0.15, 0.2) is 6.29 Å². The van der Waals surface area contributed by atoms with Crippen molar-refractivity contribution in [2.24, 2.45) is 5.92 Å². The van der Waals surface area contributed by atoms with E-state index in [1.54, 1.807) is 12.3 Å². The van der Waals surface area contributed by atoms with Crippen molar-refractivity contribution in [2.75, 3.05) is 38.6 Å². The molecule has 1 aliphatic rings. The van der Waals surface area contributed by atoms with E-state index in [1.165, 1.54) is 13.0 Å². The fourth-order valence-electron chi connectivity index (χ4n) is 2.47. The van der Waals surface area contributed by atoms with Crippen LogP contribution in [0.25, 0.3) is 0 Å². The second kappa shape index (κ2) is 5.27. The number of carbonyl (C=O) groups excluding carboxylic acids is 1. The summed E-state index contributed by atoms with van der Waals surface area (Å²) in [5, 5.41) is 0. The van der Waals surface area contributed by atoms with Gasteiger partial charge in [0, 0.05) is 26.3 Å². The molecule has 1 aromatic rings. The van der Waals surface area contributed by atoms with E-state index in [-0.39, 0.29) is 0 Å². The zero-order valence-corrected chi connectivity index (χ0v) is 10.5. The quantitative estimate of drug-likeness (QED) is 0.734. The van der Waals surface area contributed by atoms with Crippen LogP contribution in [0.15, 0.2) is 18.3 Å². The van der Waals surface area contributed by atoms with Crippen molar-refractivity contribution in [1.29, 1.82) is 0 Å². The number of hydrogen-bond acceptors (Lipinski definition) is 4. The molecule has 1 atom stereocenters. The summed E-state index contributed by atoms with van der Waals surface area (Å²) in [5.74, 6) is 1.46. The molecule has 0 spiro atoms. The van der Waals surface area contributed by atoms with Crippen LogP contribution in [0.2, 0.25) is 0 Å². The first kappa shape index (κ1) is 12.0. The second-order valence-electron chi connectivity index (χ2n) is 4.83. The number of carbonyl (C=O) groups is 1. The normalized spacial score (nSPS) is 20.5. The number of nitrogens with zero attached hydrogens (tertiary/aromatic N) is 3. The molecular formula is C13H19N3O. The lowest BCUT2D eigenvalue weighted by Crippen LogP contribution is -2.28. The fourth-order valence-corrected chi connectivity index (χ4v) is 2.47. The Morgan fingerprint density at radius 1 is 1.65 bits per heavy atom. The summed E-state index contributed by atoms with van der Waals surface area (Å²) in [6.07, 6.45) is 3.84. The second-order valence-corrected chi connectivity index (χ2v) is 4.83. The number of aldehydes is 1. The molecular weight excluding hydrogens is 214 g/mol. The number of hydrogen-bond donors (Lipinski definition) is 0. The van der Waals surface area contributed by atoms with Gasteiger partial charge in [0.2, 0.25) is 0 Å². The lowest BCUT2D eigenvalue weighted by atomic mass is 10.1. The highest BCUT2D eigenvalue weighted by molar-refractivity contribution is 5.82. The zero-order chi connectivity index (χ0) is 12.3. The highest BCUT2D eigenvalue weighted by atomic mass is 16.1. The topological polar surface area (TPSA) is 36.4 Å². The van der Waals surface area contributed by atoms with E-state index in [4.69, 9.17) is 0 Å². The molecule has 92 valence electrons. The Bertz CT molecular complexity index is 394. The van der Waals surface area contributed by atoms with Crippen LogP contribution >= 0.6 is 0 Å². The lowest BCUT2D eigenvalue weighted by molar-refractivity contribution is 0.112. The Morgan fingerprint density at radius 3 is 3.12 bits per heavy atom. The summed E-state index contributed by atoms with van der Waals surface area (Å²) in [5.41, 5.74) is 0.668. The molecule has 4 nitrogen and oxygen atoms in total. The van der Waals surface area contributed by atoms with Crippen molar-refractivity contribution in [3.05, 3.63) is 23.9 Å². The minimum absolute atomic E-state index is 0.668. The summed E-state index contributed by atoms with van der Waals surface area (Å²) in [6, 6.07) is 3.61. The first-order chi connectivity index (χ1) is 8.20. The molecule has 1 aliphatic heterocycles. The third kappa shape index (κ3) is 2.82. The van der Waals surface area contributed by atoms with E-state index in [9.17, 15) is 4.79 Å². The van der Waals surface area contributed by atoms with Crippen LogP contribution in [0.4, 0.5) is 5.82 Å². The van der Waals surface area contributed by atoms with Gasteiger partial charge in [-0.05, 0) is 38.1 Å². The Labute approximate surface area is 102 Å². The van der Waals surface area contributed by atoms with E-state index in [1.807, 2.05) is 13.1 Å². The number of pyridine rings is 1. The van der Waals surface area contributed by atoms with Crippen LogP contribution in [-0.2, 0) is 0 Å². The van der Waals surface area contributed by atoms with E-state index in [2.05, 4.69) is 21.8 Å². The van der Waals surface area contributed by atoms with Crippen LogP contribution in [0.3, 0.4) is 0 Å². The molecule has 4 heteroatoms. The maximum absolute atomic E-state index is 10.9. The summed E-state index contributed by atoms with van der Waals surface area (Å²) in [6.45, 7) is 3.26. The minimum atomic E-state index is 0.668. The Morgan fingerprint density at radius 2 is 2.47 bits per heavy atom. The number of aromatic nitrogens is 1. The smallest absolute Gasteiger partial charge is 0.153 e. The largest absolute Gasteiger partial charge is 0.359 e. The summed E-state index contributed by atoms with van der Waals surface area (Å²) in [7, 11) is 4.16. The monoisotopic (exact) mass is 233 g/mol. The van der Waals surface area contributed by atoms with Gasteiger partial charge < -0.3 is 9.80 Å². The van der Waals surface area contributed by atoms with Crippen molar-refractivity contribution < 1.29 is 4.79 Å². The molecule has 17 heavy (non-hydrogen) atoms. The van der Waals surface area contributed by atoms with Crippen molar-refractivity contribution in [3.8, 4) is 0 Å². The molecule has 0 amide bonds.